The Morgan fingerprint density at radius 1 is 1.10 bits per heavy atom. The van der Waals surface area contributed by atoms with Crippen molar-refractivity contribution in [1.82, 2.24) is 15.0 Å². The molecule has 3 aromatic rings. The summed E-state index contributed by atoms with van der Waals surface area (Å²) in [6.45, 7) is 6.08. The lowest BCUT2D eigenvalue weighted by Gasteiger charge is -2.25. The third kappa shape index (κ3) is 4.74. The van der Waals surface area contributed by atoms with Crippen molar-refractivity contribution in [2.24, 2.45) is 0 Å². The second-order valence-corrected chi connectivity index (χ2v) is 7.01. The van der Waals surface area contributed by atoms with E-state index in [9.17, 15) is 4.79 Å². The van der Waals surface area contributed by atoms with Crippen LogP contribution in [-0.4, -0.2) is 41.2 Å². The zero-order valence-corrected chi connectivity index (χ0v) is 17.3. The van der Waals surface area contributed by atoms with Gasteiger partial charge in [0.1, 0.15) is 18.0 Å². The molecule has 0 spiro atoms. The van der Waals surface area contributed by atoms with Crippen LogP contribution in [0.15, 0.2) is 47.0 Å². The van der Waals surface area contributed by atoms with Gasteiger partial charge in [-0.05, 0) is 39.0 Å². The molecular formula is C22H25N3O4. The smallest absolute Gasteiger partial charge is 0.254 e. The highest BCUT2D eigenvalue weighted by atomic mass is 16.5. The largest absolute Gasteiger partial charge is 0.497 e. The molecule has 7 heteroatoms. The predicted molar refractivity (Wildman–Crippen MR) is 109 cm³/mol. The van der Waals surface area contributed by atoms with E-state index < -0.39 is 0 Å². The number of ether oxygens (including phenoxy) is 2. The zero-order chi connectivity index (χ0) is 21.0. The average Bonchev–Trinajstić information content (AvgIpc) is 3.19. The first-order valence-electron chi connectivity index (χ1n) is 9.35. The molecule has 1 aromatic heterocycles. The summed E-state index contributed by atoms with van der Waals surface area (Å²) in [7, 11) is 3.10. The molecule has 0 aliphatic heterocycles. The minimum atomic E-state index is -0.174. The lowest BCUT2D eigenvalue weighted by Crippen LogP contribution is -2.36. The van der Waals surface area contributed by atoms with Gasteiger partial charge in [0.2, 0.25) is 11.7 Å². The molecule has 0 aliphatic rings. The zero-order valence-electron chi connectivity index (χ0n) is 17.3. The van der Waals surface area contributed by atoms with Crippen molar-refractivity contribution in [3.63, 3.8) is 0 Å². The number of hydrogen-bond donors (Lipinski definition) is 0. The molecule has 1 amide bonds. The van der Waals surface area contributed by atoms with E-state index in [1.807, 2.05) is 45.0 Å². The van der Waals surface area contributed by atoms with Crippen molar-refractivity contribution in [1.29, 1.82) is 0 Å². The van der Waals surface area contributed by atoms with Crippen molar-refractivity contribution in [3.05, 3.63) is 59.5 Å². The molecule has 7 nitrogen and oxygen atoms in total. The Kier molecular flexibility index (Phi) is 6.16. The highest BCUT2D eigenvalue weighted by molar-refractivity contribution is 5.95. The summed E-state index contributed by atoms with van der Waals surface area (Å²) < 4.78 is 16.0. The minimum Gasteiger partial charge on any atom is -0.497 e. The van der Waals surface area contributed by atoms with Gasteiger partial charge in [-0.1, -0.05) is 28.9 Å². The molecule has 0 radical (unpaired) electrons. The van der Waals surface area contributed by atoms with E-state index in [2.05, 4.69) is 10.1 Å². The van der Waals surface area contributed by atoms with Crippen LogP contribution in [0.5, 0.6) is 11.5 Å². The van der Waals surface area contributed by atoms with Gasteiger partial charge >= 0.3 is 0 Å². The quantitative estimate of drug-likeness (QED) is 0.599. The Bertz CT molecular complexity index is 975. The number of carbonyl (C=O) groups is 1. The maximum atomic E-state index is 13.2. The maximum absolute atomic E-state index is 13.2. The van der Waals surface area contributed by atoms with E-state index in [1.165, 1.54) is 0 Å². The van der Waals surface area contributed by atoms with Gasteiger partial charge in [-0.25, -0.2) is 0 Å². The number of methoxy groups -OCH3 is 2. The lowest BCUT2D eigenvalue weighted by molar-refractivity contribution is 0.0666. The van der Waals surface area contributed by atoms with E-state index in [4.69, 9.17) is 14.0 Å². The average molecular weight is 395 g/mol. The first-order chi connectivity index (χ1) is 13.9. The summed E-state index contributed by atoms with van der Waals surface area (Å²) in [5, 5.41) is 4.06. The van der Waals surface area contributed by atoms with Crippen LogP contribution in [0.4, 0.5) is 0 Å². The van der Waals surface area contributed by atoms with Crippen LogP contribution in [0.25, 0.3) is 11.4 Å². The molecular weight excluding hydrogens is 370 g/mol. The molecule has 0 atom stereocenters. The molecule has 0 aliphatic carbocycles. The second kappa shape index (κ2) is 8.77. The van der Waals surface area contributed by atoms with E-state index in [0.29, 0.717) is 28.8 Å². The Labute approximate surface area is 170 Å². The van der Waals surface area contributed by atoms with Crippen molar-refractivity contribution < 1.29 is 18.8 Å². The fourth-order valence-electron chi connectivity index (χ4n) is 2.95. The second-order valence-electron chi connectivity index (χ2n) is 7.01. The third-order valence-electron chi connectivity index (χ3n) is 4.53. The van der Waals surface area contributed by atoms with Gasteiger partial charge in [0.25, 0.3) is 5.91 Å². The number of nitrogens with zero attached hydrogens (tertiary/aromatic N) is 3. The summed E-state index contributed by atoms with van der Waals surface area (Å²) >= 11 is 0. The standard InChI is InChI=1S/C22H25N3O4/c1-14(2)25(22(26)17-10-18(27-4)12-19(11-17)28-5)13-20-23-21(24-29-20)16-8-6-7-15(3)9-16/h6-12,14H,13H2,1-5H3. The van der Waals surface area contributed by atoms with Gasteiger partial charge in [0.05, 0.1) is 14.2 Å². The topological polar surface area (TPSA) is 77.7 Å². The highest BCUT2D eigenvalue weighted by Crippen LogP contribution is 2.25. The maximum Gasteiger partial charge on any atom is 0.254 e. The number of rotatable bonds is 7. The summed E-state index contributed by atoms with van der Waals surface area (Å²) in [4.78, 5) is 19.3. The number of benzene rings is 2. The minimum absolute atomic E-state index is 0.0750. The molecule has 0 saturated heterocycles. The van der Waals surface area contributed by atoms with Crippen molar-refractivity contribution in [2.75, 3.05) is 14.2 Å². The number of carbonyl (C=O) groups excluding carboxylic acids is 1. The van der Waals surface area contributed by atoms with E-state index in [-0.39, 0.29) is 18.5 Å². The normalized spacial score (nSPS) is 10.8. The van der Waals surface area contributed by atoms with Crippen LogP contribution >= 0.6 is 0 Å². The Morgan fingerprint density at radius 2 is 1.79 bits per heavy atom. The molecule has 0 saturated carbocycles. The van der Waals surface area contributed by atoms with Crippen LogP contribution < -0.4 is 9.47 Å². The van der Waals surface area contributed by atoms with Crippen molar-refractivity contribution in [3.8, 4) is 22.9 Å². The van der Waals surface area contributed by atoms with Crippen molar-refractivity contribution in [2.45, 2.75) is 33.4 Å². The number of amides is 1. The van der Waals surface area contributed by atoms with Crippen LogP contribution in [0, 0.1) is 6.92 Å². The van der Waals surface area contributed by atoms with E-state index in [0.717, 1.165) is 11.1 Å². The number of hydrogen-bond acceptors (Lipinski definition) is 6. The summed E-state index contributed by atoms with van der Waals surface area (Å²) in [5.41, 5.74) is 2.45. The first-order valence-corrected chi connectivity index (χ1v) is 9.35. The monoisotopic (exact) mass is 395 g/mol. The van der Waals surface area contributed by atoms with Crippen LogP contribution in [-0.2, 0) is 6.54 Å². The van der Waals surface area contributed by atoms with E-state index >= 15 is 0 Å². The molecule has 1 heterocycles. The molecule has 152 valence electrons. The van der Waals surface area contributed by atoms with Gasteiger partial charge in [0, 0.05) is 23.2 Å². The summed E-state index contributed by atoms with van der Waals surface area (Å²) in [6.07, 6.45) is 0. The molecule has 2 aromatic carbocycles. The van der Waals surface area contributed by atoms with Gasteiger partial charge in [0.15, 0.2) is 0 Å². The first kappa shape index (κ1) is 20.4. The third-order valence-corrected chi connectivity index (χ3v) is 4.53. The molecule has 0 N–H and O–H groups in total. The van der Waals surface area contributed by atoms with Crippen LogP contribution in [0.3, 0.4) is 0 Å². The van der Waals surface area contributed by atoms with Gasteiger partial charge in [-0.15, -0.1) is 0 Å². The van der Waals surface area contributed by atoms with Crippen LogP contribution in [0.1, 0.15) is 35.7 Å². The SMILES string of the molecule is COc1cc(OC)cc(C(=O)N(Cc2nc(-c3cccc(C)c3)no2)C(C)C)c1. The molecule has 3 rings (SSSR count). The summed E-state index contributed by atoms with van der Waals surface area (Å²) in [6, 6.07) is 12.9. The van der Waals surface area contributed by atoms with Gasteiger partial charge in [-0.3, -0.25) is 4.79 Å². The number of aryl methyl sites for hydroxylation is 1. The number of aromatic nitrogens is 2. The van der Waals surface area contributed by atoms with Crippen LogP contribution in [0.2, 0.25) is 0 Å². The summed E-state index contributed by atoms with van der Waals surface area (Å²) in [5.74, 6) is 1.81. The van der Waals surface area contributed by atoms with Gasteiger partial charge in [-0.2, -0.15) is 4.98 Å². The fraction of sp³-hybridized carbons (Fsp3) is 0.318. The highest BCUT2D eigenvalue weighted by Gasteiger charge is 2.23. The Balaban J connectivity index is 1.85. The molecule has 0 fully saturated rings. The molecule has 29 heavy (non-hydrogen) atoms. The van der Waals surface area contributed by atoms with E-state index in [1.54, 1.807) is 37.3 Å². The Hall–Kier alpha value is -3.35. The molecule has 0 bridgehead atoms. The Morgan fingerprint density at radius 3 is 2.38 bits per heavy atom. The predicted octanol–water partition coefficient (Wildman–Crippen LogP) is 4.11. The lowest BCUT2D eigenvalue weighted by atomic mass is 10.1. The fourth-order valence-corrected chi connectivity index (χ4v) is 2.95. The van der Waals surface area contributed by atoms with Crippen molar-refractivity contribution >= 4 is 5.91 Å². The van der Waals surface area contributed by atoms with Gasteiger partial charge < -0.3 is 18.9 Å². The molecule has 0 unspecified atom stereocenters.